The van der Waals surface area contributed by atoms with E-state index in [0.29, 0.717) is 5.92 Å². The van der Waals surface area contributed by atoms with Gasteiger partial charge in [0, 0.05) is 41.1 Å². The van der Waals surface area contributed by atoms with E-state index >= 15 is 0 Å². The number of pyridine rings is 1. The Morgan fingerprint density at radius 1 is 1.29 bits per heavy atom. The van der Waals surface area contributed by atoms with Gasteiger partial charge in [-0.25, -0.2) is 0 Å². The first-order valence-corrected chi connectivity index (χ1v) is 9.50. The second-order valence-corrected chi connectivity index (χ2v) is 8.97. The number of hydrogen-bond acceptors (Lipinski definition) is 4. The molecule has 4 heteroatoms. The molecule has 3 saturated carbocycles. The summed E-state index contributed by atoms with van der Waals surface area (Å²) >= 11 is 0. The van der Waals surface area contributed by atoms with Gasteiger partial charge in [0.05, 0.1) is 17.3 Å². The zero-order chi connectivity index (χ0) is 16.7. The molecule has 3 heterocycles. The Morgan fingerprint density at radius 3 is 2.92 bits per heavy atom. The molecule has 5 aliphatic rings. The molecular weight excluding hydrogens is 300 g/mol. The van der Waals surface area contributed by atoms with E-state index in [2.05, 4.69) is 19.1 Å². The number of hydrogen-bond donors (Lipinski definition) is 2. The first-order chi connectivity index (χ1) is 11.4. The number of ether oxygens (including phenoxy) is 1. The van der Waals surface area contributed by atoms with Crippen molar-refractivity contribution in [3.8, 4) is 0 Å². The number of aliphatic hydroxyl groups excluding tert-OH is 1. The third-order valence-electron chi connectivity index (χ3n) is 7.70. The van der Waals surface area contributed by atoms with E-state index in [1.807, 2.05) is 13.0 Å². The Kier molecular flexibility index (Phi) is 2.93. The van der Waals surface area contributed by atoms with Crippen LogP contribution in [0.15, 0.2) is 18.2 Å². The summed E-state index contributed by atoms with van der Waals surface area (Å²) in [6.45, 7) is 4.22. The number of aliphatic hydroxyl groups is 1. The minimum absolute atomic E-state index is 0.0160. The van der Waals surface area contributed by atoms with Crippen molar-refractivity contribution < 1.29 is 9.84 Å². The van der Waals surface area contributed by atoms with Gasteiger partial charge in [-0.05, 0) is 45.2 Å². The van der Waals surface area contributed by atoms with Crippen LogP contribution in [-0.4, -0.2) is 32.9 Å². The molecule has 1 aromatic rings. The summed E-state index contributed by atoms with van der Waals surface area (Å²) in [7, 11) is 0. The maximum atomic E-state index is 11.0. The van der Waals surface area contributed by atoms with Gasteiger partial charge in [-0.3, -0.25) is 4.98 Å². The predicted molar refractivity (Wildman–Crippen MR) is 91.5 cm³/mol. The molecular formula is C20H28N2O2. The molecule has 4 bridgehead atoms. The van der Waals surface area contributed by atoms with Gasteiger partial charge in [-0.2, -0.15) is 0 Å². The van der Waals surface area contributed by atoms with Crippen LogP contribution in [0.5, 0.6) is 0 Å². The van der Waals surface area contributed by atoms with Crippen molar-refractivity contribution in [1.29, 1.82) is 0 Å². The quantitative estimate of drug-likeness (QED) is 0.832. The van der Waals surface area contributed by atoms with Crippen LogP contribution in [0.2, 0.25) is 0 Å². The Bertz CT molecular complexity index is 694. The summed E-state index contributed by atoms with van der Waals surface area (Å²) in [5.74, 6) is 0.571. The molecule has 5 fully saturated rings. The van der Waals surface area contributed by atoms with Crippen LogP contribution in [0.1, 0.15) is 62.8 Å². The second kappa shape index (κ2) is 4.60. The van der Waals surface area contributed by atoms with E-state index in [1.165, 1.54) is 12.8 Å². The summed E-state index contributed by atoms with van der Waals surface area (Å²) in [5.41, 5.74) is 8.29. The largest absolute Gasteiger partial charge is 0.393 e. The molecule has 1 aromatic heterocycles. The molecule has 3 aliphatic carbocycles. The molecule has 130 valence electrons. The topological polar surface area (TPSA) is 68.4 Å². The fourth-order valence-electron chi connectivity index (χ4n) is 7.11. The van der Waals surface area contributed by atoms with Crippen LogP contribution in [0.4, 0.5) is 0 Å². The number of aryl methyl sites for hydroxylation is 1. The van der Waals surface area contributed by atoms with Crippen LogP contribution in [-0.2, 0) is 4.74 Å². The number of fused-ring (bicyclic) bond motifs is 1. The predicted octanol–water partition coefficient (Wildman–Crippen LogP) is 2.67. The first kappa shape index (κ1) is 15.3. The fraction of sp³-hybridized carbons (Fsp3) is 0.750. The molecule has 6 rings (SSSR count). The molecule has 24 heavy (non-hydrogen) atoms. The van der Waals surface area contributed by atoms with Crippen molar-refractivity contribution in [1.82, 2.24) is 4.98 Å². The average Bonchev–Trinajstić information content (AvgIpc) is 2.72. The van der Waals surface area contributed by atoms with Gasteiger partial charge in [-0.15, -0.1) is 0 Å². The number of nitrogens with two attached hydrogens (primary N) is 1. The van der Waals surface area contributed by atoms with E-state index in [1.54, 1.807) is 0 Å². The Hall–Kier alpha value is -0.970. The summed E-state index contributed by atoms with van der Waals surface area (Å²) in [6, 6.07) is 6.22. The molecule has 2 saturated heterocycles. The van der Waals surface area contributed by atoms with E-state index in [-0.39, 0.29) is 29.1 Å². The molecule has 0 amide bonds. The van der Waals surface area contributed by atoms with Crippen LogP contribution in [0, 0.1) is 18.8 Å². The first-order valence-electron chi connectivity index (χ1n) is 9.50. The van der Waals surface area contributed by atoms with Gasteiger partial charge in [0.2, 0.25) is 0 Å². The summed E-state index contributed by atoms with van der Waals surface area (Å²) in [5, 5.41) is 11.0. The molecule has 1 spiro atoms. The lowest BCUT2D eigenvalue weighted by atomic mass is 9.51. The maximum absolute atomic E-state index is 11.0. The van der Waals surface area contributed by atoms with Gasteiger partial charge >= 0.3 is 0 Å². The third kappa shape index (κ3) is 1.67. The monoisotopic (exact) mass is 328 g/mol. The highest BCUT2D eigenvalue weighted by molar-refractivity contribution is 5.34. The molecule has 4 nitrogen and oxygen atoms in total. The van der Waals surface area contributed by atoms with Crippen molar-refractivity contribution >= 4 is 0 Å². The highest BCUT2D eigenvalue weighted by Gasteiger charge is 2.76. The zero-order valence-corrected chi connectivity index (χ0v) is 14.7. The highest BCUT2D eigenvalue weighted by Crippen LogP contribution is 2.70. The van der Waals surface area contributed by atoms with Crippen molar-refractivity contribution in [2.24, 2.45) is 17.6 Å². The molecule has 7 atom stereocenters. The average molecular weight is 328 g/mol. The minimum atomic E-state index is -0.402. The van der Waals surface area contributed by atoms with Crippen LogP contribution < -0.4 is 5.73 Å². The lowest BCUT2D eigenvalue weighted by molar-refractivity contribution is -0.315. The number of nitrogens with zero attached hydrogens (tertiary/aromatic N) is 1. The fourth-order valence-corrected chi connectivity index (χ4v) is 7.11. The Labute approximate surface area is 143 Å². The number of aromatic nitrogens is 1. The molecule has 6 unspecified atom stereocenters. The van der Waals surface area contributed by atoms with Gasteiger partial charge in [0.1, 0.15) is 0 Å². The van der Waals surface area contributed by atoms with E-state index in [4.69, 9.17) is 15.5 Å². The summed E-state index contributed by atoms with van der Waals surface area (Å²) in [6.07, 6.45) is 5.92. The number of rotatable bonds is 1. The Morgan fingerprint density at radius 2 is 2.12 bits per heavy atom. The smallest absolute Gasteiger partial charge is 0.0816 e. The van der Waals surface area contributed by atoms with Gasteiger partial charge in [0.15, 0.2) is 0 Å². The molecule has 0 aromatic carbocycles. The van der Waals surface area contributed by atoms with E-state index in [9.17, 15) is 5.11 Å². The van der Waals surface area contributed by atoms with Crippen molar-refractivity contribution in [2.75, 3.05) is 0 Å². The third-order valence-corrected chi connectivity index (χ3v) is 7.70. The highest BCUT2D eigenvalue weighted by atomic mass is 16.5. The Balaban J connectivity index is 1.66. The summed E-state index contributed by atoms with van der Waals surface area (Å²) < 4.78 is 6.92. The van der Waals surface area contributed by atoms with E-state index in [0.717, 1.165) is 37.1 Å². The molecule has 3 N–H and O–H groups in total. The zero-order valence-electron chi connectivity index (χ0n) is 14.7. The lowest BCUT2D eigenvalue weighted by Gasteiger charge is -2.66. The molecule has 2 aliphatic heterocycles. The maximum Gasteiger partial charge on any atom is 0.0816 e. The van der Waals surface area contributed by atoms with Crippen molar-refractivity contribution in [3.63, 3.8) is 0 Å². The van der Waals surface area contributed by atoms with Gasteiger partial charge < -0.3 is 15.6 Å². The lowest BCUT2D eigenvalue weighted by Crippen LogP contribution is -2.76. The van der Waals surface area contributed by atoms with Crippen molar-refractivity contribution in [2.45, 2.75) is 81.1 Å². The normalized spacial score (nSPS) is 52.3. The van der Waals surface area contributed by atoms with Crippen molar-refractivity contribution in [3.05, 3.63) is 29.6 Å². The second-order valence-electron chi connectivity index (χ2n) is 8.97. The van der Waals surface area contributed by atoms with E-state index < -0.39 is 5.60 Å². The van der Waals surface area contributed by atoms with Gasteiger partial charge in [0.25, 0.3) is 0 Å². The molecule has 0 radical (unpaired) electrons. The van der Waals surface area contributed by atoms with Gasteiger partial charge in [-0.1, -0.05) is 18.9 Å². The summed E-state index contributed by atoms with van der Waals surface area (Å²) in [4.78, 5) is 4.80. The SMILES string of the molecule is Cc1cccc(C2C[C@]3(N)C4CCCCC45CC(O)C3C2(C)O5)n1. The van der Waals surface area contributed by atoms with Crippen LogP contribution in [0.3, 0.4) is 0 Å². The van der Waals surface area contributed by atoms with Crippen LogP contribution in [0.25, 0.3) is 0 Å². The van der Waals surface area contributed by atoms with Crippen LogP contribution >= 0.6 is 0 Å². The minimum Gasteiger partial charge on any atom is -0.393 e. The standard InChI is InChI=1S/C20H28N2O2/c1-12-6-5-7-14(22-12)13-10-20(21)16-8-3-4-9-19(16)11-15(23)17(20)18(13,2)24-19/h5-7,13,15-17,23H,3-4,8-11,21H2,1-2H3/t13?,15?,16?,17?,18?,19?,20-/m0/s1.